The molecule has 0 saturated carbocycles. The van der Waals surface area contributed by atoms with E-state index in [-0.39, 0.29) is 0 Å². The third kappa shape index (κ3) is 3.36. The van der Waals surface area contributed by atoms with Gasteiger partial charge in [-0.3, -0.25) is 10.1 Å². The van der Waals surface area contributed by atoms with Crippen LogP contribution in [0.3, 0.4) is 0 Å². The summed E-state index contributed by atoms with van der Waals surface area (Å²) in [5.41, 5.74) is 6.03. The molecule has 0 saturated heterocycles. The van der Waals surface area contributed by atoms with Crippen LogP contribution in [0.5, 0.6) is 0 Å². The average molecular weight is 222 g/mol. The average Bonchev–Trinajstić information content (AvgIpc) is 2.30. The lowest BCUT2D eigenvalue weighted by atomic mass is 10.2. The Hall–Kier alpha value is -1.88. The van der Waals surface area contributed by atoms with Gasteiger partial charge in [0.2, 0.25) is 5.91 Å². The Morgan fingerprint density at radius 2 is 2.00 bits per heavy atom. The van der Waals surface area contributed by atoms with E-state index in [1.54, 1.807) is 0 Å². The van der Waals surface area contributed by atoms with Crippen molar-refractivity contribution in [1.29, 1.82) is 0 Å². The lowest BCUT2D eigenvalue weighted by Gasteiger charge is -2.12. The van der Waals surface area contributed by atoms with Crippen molar-refractivity contribution in [3.05, 3.63) is 35.9 Å². The van der Waals surface area contributed by atoms with Crippen molar-refractivity contribution in [2.75, 3.05) is 7.11 Å². The number of ether oxygens (including phenoxy) is 1. The summed E-state index contributed by atoms with van der Waals surface area (Å²) in [4.78, 5) is 22.2. The second-order valence-electron chi connectivity index (χ2n) is 3.23. The second kappa shape index (κ2) is 5.87. The molecule has 0 aliphatic carbocycles. The van der Waals surface area contributed by atoms with Gasteiger partial charge in [0, 0.05) is 6.54 Å². The number of rotatable bonds is 5. The molecule has 1 aromatic rings. The number of carbonyl (C=O) groups excluding carboxylic acids is 2. The van der Waals surface area contributed by atoms with Crippen molar-refractivity contribution in [2.45, 2.75) is 12.6 Å². The molecule has 16 heavy (non-hydrogen) atoms. The Labute approximate surface area is 93.6 Å². The molecule has 1 rings (SSSR count). The van der Waals surface area contributed by atoms with Crippen molar-refractivity contribution in [3.8, 4) is 0 Å². The fourth-order valence-corrected chi connectivity index (χ4v) is 1.23. The number of benzene rings is 1. The first-order chi connectivity index (χ1) is 7.65. The smallest absolute Gasteiger partial charge is 0.332 e. The quantitative estimate of drug-likeness (QED) is 0.534. The van der Waals surface area contributed by atoms with E-state index >= 15 is 0 Å². The standard InChI is InChI=1S/C11H14N2O3/c1-16-11(15)9(10(12)14)13-7-8-5-3-2-4-6-8/h2-6,9,13H,7H2,1H3,(H2,12,14). The number of methoxy groups -OCH3 is 1. The third-order valence-electron chi connectivity index (χ3n) is 2.07. The number of esters is 1. The van der Waals surface area contributed by atoms with Crippen molar-refractivity contribution in [2.24, 2.45) is 5.73 Å². The highest BCUT2D eigenvalue weighted by molar-refractivity contribution is 6.01. The minimum atomic E-state index is -1.11. The molecule has 0 spiro atoms. The predicted molar refractivity (Wildman–Crippen MR) is 58.3 cm³/mol. The zero-order valence-electron chi connectivity index (χ0n) is 8.97. The zero-order chi connectivity index (χ0) is 12.0. The predicted octanol–water partition coefficient (Wildman–Crippen LogP) is -0.197. The zero-order valence-corrected chi connectivity index (χ0v) is 8.97. The minimum absolute atomic E-state index is 0.379. The van der Waals surface area contributed by atoms with E-state index in [2.05, 4.69) is 10.1 Å². The molecule has 0 bridgehead atoms. The monoisotopic (exact) mass is 222 g/mol. The van der Waals surface area contributed by atoms with Gasteiger partial charge in [0.1, 0.15) is 0 Å². The molecule has 1 atom stereocenters. The van der Waals surface area contributed by atoms with Crippen LogP contribution in [-0.2, 0) is 20.9 Å². The van der Waals surface area contributed by atoms with E-state index in [1.807, 2.05) is 30.3 Å². The minimum Gasteiger partial charge on any atom is -0.467 e. The molecule has 0 fully saturated rings. The number of hydrogen-bond donors (Lipinski definition) is 2. The highest BCUT2D eigenvalue weighted by Gasteiger charge is 2.24. The van der Waals surface area contributed by atoms with Crippen molar-refractivity contribution in [3.63, 3.8) is 0 Å². The molecule has 86 valence electrons. The summed E-state index contributed by atoms with van der Waals surface area (Å²) < 4.78 is 4.46. The summed E-state index contributed by atoms with van der Waals surface area (Å²) in [5, 5.41) is 2.74. The summed E-state index contributed by atoms with van der Waals surface area (Å²) in [6, 6.07) is 8.27. The largest absolute Gasteiger partial charge is 0.467 e. The summed E-state index contributed by atoms with van der Waals surface area (Å²) >= 11 is 0. The molecular formula is C11H14N2O3. The van der Waals surface area contributed by atoms with E-state index in [0.29, 0.717) is 6.54 Å². The number of nitrogens with two attached hydrogens (primary N) is 1. The van der Waals surface area contributed by atoms with Gasteiger partial charge in [0.05, 0.1) is 7.11 Å². The van der Waals surface area contributed by atoms with Gasteiger partial charge in [0.25, 0.3) is 0 Å². The molecule has 1 amide bonds. The van der Waals surface area contributed by atoms with E-state index in [1.165, 1.54) is 7.11 Å². The number of hydrogen-bond acceptors (Lipinski definition) is 4. The molecule has 0 heterocycles. The van der Waals surface area contributed by atoms with Crippen LogP contribution in [-0.4, -0.2) is 25.0 Å². The lowest BCUT2D eigenvalue weighted by Crippen LogP contribution is -2.47. The van der Waals surface area contributed by atoms with Crippen LogP contribution in [0, 0.1) is 0 Å². The molecule has 3 N–H and O–H groups in total. The van der Waals surface area contributed by atoms with Gasteiger partial charge < -0.3 is 10.5 Å². The fourth-order valence-electron chi connectivity index (χ4n) is 1.23. The van der Waals surface area contributed by atoms with Crippen LogP contribution >= 0.6 is 0 Å². The first kappa shape index (κ1) is 12.2. The first-order valence-electron chi connectivity index (χ1n) is 4.79. The SMILES string of the molecule is COC(=O)C(NCc1ccccc1)C(N)=O. The highest BCUT2D eigenvalue weighted by Crippen LogP contribution is 1.98. The molecule has 5 nitrogen and oxygen atoms in total. The second-order valence-corrected chi connectivity index (χ2v) is 3.23. The molecule has 1 unspecified atom stereocenters. The van der Waals surface area contributed by atoms with Gasteiger partial charge in [-0.25, -0.2) is 4.79 Å². The molecular weight excluding hydrogens is 208 g/mol. The number of carbonyl (C=O) groups is 2. The van der Waals surface area contributed by atoms with Gasteiger partial charge in [-0.2, -0.15) is 0 Å². The van der Waals surface area contributed by atoms with Crippen LogP contribution in [0.1, 0.15) is 5.56 Å². The molecule has 0 radical (unpaired) electrons. The summed E-state index contributed by atoms with van der Waals surface area (Å²) in [7, 11) is 1.21. The number of nitrogens with one attached hydrogen (secondary N) is 1. The maximum Gasteiger partial charge on any atom is 0.332 e. The Morgan fingerprint density at radius 3 is 2.50 bits per heavy atom. The summed E-state index contributed by atoms with van der Waals surface area (Å²) in [5.74, 6) is -1.42. The Balaban J connectivity index is 2.57. The lowest BCUT2D eigenvalue weighted by molar-refractivity contribution is -0.146. The summed E-state index contributed by atoms with van der Waals surface area (Å²) in [6.45, 7) is 0.379. The van der Waals surface area contributed by atoms with Gasteiger partial charge in [0.15, 0.2) is 6.04 Å². The summed E-state index contributed by atoms with van der Waals surface area (Å²) in [6.07, 6.45) is 0. The topological polar surface area (TPSA) is 81.4 Å². The first-order valence-corrected chi connectivity index (χ1v) is 4.79. The molecule has 5 heteroatoms. The Bertz CT molecular complexity index is 365. The van der Waals surface area contributed by atoms with E-state index in [9.17, 15) is 9.59 Å². The Morgan fingerprint density at radius 1 is 1.38 bits per heavy atom. The van der Waals surface area contributed by atoms with Crippen LogP contribution in [0.25, 0.3) is 0 Å². The van der Waals surface area contributed by atoms with Crippen LogP contribution in [0.2, 0.25) is 0 Å². The highest BCUT2D eigenvalue weighted by atomic mass is 16.5. The van der Waals surface area contributed by atoms with Crippen molar-refractivity contribution in [1.82, 2.24) is 5.32 Å². The number of primary amides is 1. The molecule has 1 aromatic carbocycles. The van der Waals surface area contributed by atoms with Crippen LogP contribution < -0.4 is 11.1 Å². The Kier molecular flexibility index (Phi) is 4.47. The molecule has 0 aliphatic heterocycles. The van der Waals surface area contributed by atoms with Crippen LogP contribution in [0.4, 0.5) is 0 Å². The van der Waals surface area contributed by atoms with Gasteiger partial charge >= 0.3 is 5.97 Å². The van der Waals surface area contributed by atoms with Crippen molar-refractivity contribution >= 4 is 11.9 Å². The number of amides is 1. The van der Waals surface area contributed by atoms with Gasteiger partial charge in [-0.05, 0) is 5.56 Å². The maximum atomic E-state index is 11.2. The molecule has 0 aliphatic rings. The van der Waals surface area contributed by atoms with Crippen molar-refractivity contribution < 1.29 is 14.3 Å². The normalized spacial score (nSPS) is 11.8. The molecule has 0 aromatic heterocycles. The van der Waals surface area contributed by atoms with E-state index < -0.39 is 17.9 Å². The van der Waals surface area contributed by atoms with E-state index in [4.69, 9.17) is 5.73 Å². The van der Waals surface area contributed by atoms with Gasteiger partial charge in [-0.15, -0.1) is 0 Å². The fraction of sp³-hybridized carbons (Fsp3) is 0.273. The maximum absolute atomic E-state index is 11.2. The van der Waals surface area contributed by atoms with E-state index in [0.717, 1.165) is 5.56 Å². The third-order valence-corrected chi connectivity index (χ3v) is 2.07. The van der Waals surface area contributed by atoms with Gasteiger partial charge in [-0.1, -0.05) is 30.3 Å². The van der Waals surface area contributed by atoms with Crippen LogP contribution in [0.15, 0.2) is 30.3 Å².